The van der Waals surface area contributed by atoms with E-state index in [1.165, 1.54) is 5.56 Å². The molecule has 0 aliphatic carbocycles. The van der Waals surface area contributed by atoms with Crippen LogP contribution in [0.15, 0.2) is 24.3 Å². The van der Waals surface area contributed by atoms with E-state index in [1.807, 2.05) is 33.2 Å². The number of benzene rings is 1. The Morgan fingerprint density at radius 3 is 2.79 bits per heavy atom. The van der Waals surface area contributed by atoms with Gasteiger partial charge in [-0.25, -0.2) is 0 Å². The van der Waals surface area contributed by atoms with Gasteiger partial charge in [0.2, 0.25) is 0 Å². The summed E-state index contributed by atoms with van der Waals surface area (Å²) in [5.74, 6) is 0.934. The van der Waals surface area contributed by atoms with Crippen molar-refractivity contribution in [3.8, 4) is 5.75 Å². The van der Waals surface area contributed by atoms with Crippen molar-refractivity contribution in [3.05, 3.63) is 29.8 Å². The number of nitrogens with zero attached hydrogens (tertiary/aromatic N) is 1. The molecule has 0 aliphatic heterocycles. The van der Waals surface area contributed by atoms with Crippen molar-refractivity contribution in [1.82, 2.24) is 10.2 Å². The third kappa shape index (κ3) is 7.82. The number of nitrogens with one attached hydrogen (secondary N) is 1. The van der Waals surface area contributed by atoms with E-state index in [0.717, 1.165) is 38.6 Å². The molecule has 19 heavy (non-hydrogen) atoms. The summed E-state index contributed by atoms with van der Waals surface area (Å²) in [5, 5.41) is 3.36. The Morgan fingerprint density at radius 2 is 2.05 bits per heavy atom. The monoisotopic (exact) mass is 266 g/mol. The Morgan fingerprint density at radius 1 is 1.21 bits per heavy atom. The topological polar surface area (TPSA) is 33.7 Å². The van der Waals surface area contributed by atoms with Crippen LogP contribution < -0.4 is 10.1 Å². The highest BCUT2D eigenvalue weighted by molar-refractivity contribution is 5.28. The molecule has 0 unspecified atom stereocenters. The lowest BCUT2D eigenvalue weighted by Gasteiger charge is -2.10. The van der Waals surface area contributed by atoms with Crippen LogP contribution in [0, 0.1) is 0 Å². The molecule has 0 aliphatic rings. The minimum absolute atomic E-state index is 0.705. The van der Waals surface area contributed by atoms with Crippen LogP contribution >= 0.6 is 0 Å². The second-order valence-corrected chi connectivity index (χ2v) is 4.67. The van der Waals surface area contributed by atoms with Gasteiger partial charge in [-0.2, -0.15) is 0 Å². The summed E-state index contributed by atoms with van der Waals surface area (Å²) in [4.78, 5) is 2.12. The summed E-state index contributed by atoms with van der Waals surface area (Å²) in [6, 6.07) is 8.18. The second-order valence-electron chi connectivity index (χ2n) is 4.67. The quantitative estimate of drug-likeness (QED) is 0.654. The highest BCUT2D eigenvalue weighted by atomic mass is 16.5. The molecule has 0 aromatic heterocycles. The average molecular weight is 266 g/mol. The summed E-state index contributed by atoms with van der Waals surface area (Å²) in [6.07, 6.45) is 0. The number of hydrogen-bond donors (Lipinski definition) is 1. The zero-order valence-electron chi connectivity index (χ0n) is 12.3. The SMILES string of the molecule is CCOc1cccc(CNCCOCCN(C)C)c1. The summed E-state index contributed by atoms with van der Waals surface area (Å²) in [7, 11) is 4.10. The molecule has 0 saturated heterocycles. The molecule has 0 bridgehead atoms. The molecule has 0 amide bonds. The van der Waals surface area contributed by atoms with Crippen LogP contribution in [0.4, 0.5) is 0 Å². The fraction of sp³-hybridized carbons (Fsp3) is 0.600. The van der Waals surface area contributed by atoms with Crippen molar-refractivity contribution >= 4 is 0 Å². The van der Waals surface area contributed by atoms with E-state index in [1.54, 1.807) is 0 Å². The molecule has 108 valence electrons. The summed E-state index contributed by atoms with van der Waals surface area (Å²) in [5.41, 5.74) is 1.24. The molecule has 4 nitrogen and oxygen atoms in total. The van der Waals surface area contributed by atoms with Gasteiger partial charge in [-0.1, -0.05) is 12.1 Å². The van der Waals surface area contributed by atoms with E-state index < -0.39 is 0 Å². The molecule has 0 saturated carbocycles. The van der Waals surface area contributed by atoms with Crippen LogP contribution in [0.1, 0.15) is 12.5 Å². The fourth-order valence-corrected chi connectivity index (χ4v) is 1.64. The Hall–Kier alpha value is -1.10. The van der Waals surface area contributed by atoms with Gasteiger partial charge < -0.3 is 19.7 Å². The van der Waals surface area contributed by atoms with Crippen LogP contribution in [0.25, 0.3) is 0 Å². The Labute approximate surface area is 116 Å². The first kappa shape index (κ1) is 16.0. The molecular formula is C15H26N2O2. The van der Waals surface area contributed by atoms with Crippen molar-refractivity contribution in [1.29, 1.82) is 0 Å². The lowest BCUT2D eigenvalue weighted by Crippen LogP contribution is -2.23. The highest BCUT2D eigenvalue weighted by Crippen LogP contribution is 2.12. The van der Waals surface area contributed by atoms with Gasteiger partial charge >= 0.3 is 0 Å². The van der Waals surface area contributed by atoms with Crippen molar-refractivity contribution in [2.24, 2.45) is 0 Å². The second kappa shape index (κ2) is 9.78. The Bertz CT molecular complexity index is 343. The molecule has 4 heteroatoms. The van der Waals surface area contributed by atoms with Crippen LogP contribution in [-0.2, 0) is 11.3 Å². The minimum atomic E-state index is 0.705. The molecule has 0 radical (unpaired) electrons. The number of hydrogen-bond acceptors (Lipinski definition) is 4. The van der Waals surface area contributed by atoms with Crippen LogP contribution in [-0.4, -0.2) is 51.9 Å². The predicted octanol–water partition coefficient (Wildman–Crippen LogP) is 1.75. The van der Waals surface area contributed by atoms with Gasteiger partial charge in [0.15, 0.2) is 0 Å². The Kier molecular flexibility index (Phi) is 8.21. The normalized spacial score (nSPS) is 10.9. The smallest absolute Gasteiger partial charge is 0.119 e. The fourth-order valence-electron chi connectivity index (χ4n) is 1.64. The molecule has 1 rings (SSSR count). The lowest BCUT2D eigenvalue weighted by atomic mass is 10.2. The van der Waals surface area contributed by atoms with Crippen LogP contribution in [0.3, 0.4) is 0 Å². The van der Waals surface area contributed by atoms with E-state index in [9.17, 15) is 0 Å². The van der Waals surface area contributed by atoms with Gasteiger partial charge in [0, 0.05) is 19.6 Å². The molecule has 1 aromatic rings. The van der Waals surface area contributed by atoms with E-state index in [0.29, 0.717) is 6.61 Å². The van der Waals surface area contributed by atoms with Gasteiger partial charge in [0.25, 0.3) is 0 Å². The third-order valence-electron chi connectivity index (χ3n) is 2.64. The predicted molar refractivity (Wildman–Crippen MR) is 78.7 cm³/mol. The molecule has 0 fully saturated rings. The number of rotatable bonds is 10. The average Bonchev–Trinajstić information content (AvgIpc) is 2.38. The standard InChI is InChI=1S/C15H26N2O2/c1-4-19-15-7-5-6-14(12-15)13-16-8-10-18-11-9-17(2)3/h5-7,12,16H,4,8-11,13H2,1-3H3. The lowest BCUT2D eigenvalue weighted by molar-refractivity contribution is 0.119. The van der Waals surface area contributed by atoms with E-state index in [-0.39, 0.29) is 0 Å². The van der Waals surface area contributed by atoms with Gasteiger partial charge in [-0.15, -0.1) is 0 Å². The van der Waals surface area contributed by atoms with Gasteiger partial charge in [-0.05, 0) is 38.7 Å². The van der Waals surface area contributed by atoms with Crippen molar-refractivity contribution < 1.29 is 9.47 Å². The summed E-state index contributed by atoms with van der Waals surface area (Å²) >= 11 is 0. The Balaban J connectivity index is 2.10. The van der Waals surface area contributed by atoms with E-state index >= 15 is 0 Å². The first-order valence-corrected chi connectivity index (χ1v) is 6.87. The van der Waals surface area contributed by atoms with E-state index in [2.05, 4.69) is 22.3 Å². The van der Waals surface area contributed by atoms with Crippen molar-refractivity contribution in [3.63, 3.8) is 0 Å². The van der Waals surface area contributed by atoms with Crippen LogP contribution in [0.2, 0.25) is 0 Å². The molecule has 1 aromatic carbocycles. The first-order chi connectivity index (χ1) is 9.22. The van der Waals surface area contributed by atoms with Gasteiger partial charge in [0.1, 0.15) is 5.75 Å². The summed E-state index contributed by atoms with van der Waals surface area (Å²) < 4.78 is 11.0. The zero-order valence-corrected chi connectivity index (χ0v) is 12.3. The molecule has 0 heterocycles. The maximum atomic E-state index is 5.52. The molecular weight excluding hydrogens is 240 g/mol. The largest absolute Gasteiger partial charge is 0.494 e. The third-order valence-corrected chi connectivity index (χ3v) is 2.64. The maximum absolute atomic E-state index is 5.52. The number of likely N-dealkylation sites (N-methyl/N-ethyl adjacent to an activating group) is 1. The first-order valence-electron chi connectivity index (χ1n) is 6.87. The molecule has 0 atom stereocenters. The van der Waals surface area contributed by atoms with Gasteiger partial charge in [-0.3, -0.25) is 0 Å². The van der Waals surface area contributed by atoms with Crippen LogP contribution in [0.5, 0.6) is 5.75 Å². The molecule has 0 spiro atoms. The number of ether oxygens (including phenoxy) is 2. The van der Waals surface area contributed by atoms with Gasteiger partial charge in [0.05, 0.1) is 19.8 Å². The molecule has 1 N–H and O–H groups in total. The van der Waals surface area contributed by atoms with E-state index in [4.69, 9.17) is 9.47 Å². The maximum Gasteiger partial charge on any atom is 0.119 e. The van der Waals surface area contributed by atoms with Crippen molar-refractivity contribution in [2.45, 2.75) is 13.5 Å². The zero-order chi connectivity index (χ0) is 13.9. The van der Waals surface area contributed by atoms with Crippen molar-refractivity contribution in [2.75, 3.05) is 47.0 Å². The summed E-state index contributed by atoms with van der Waals surface area (Å²) in [6.45, 7) is 6.92. The highest BCUT2D eigenvalue weighted by Gasteiger charge is 1.96. The minimum Gasteiger partial charge on any atom is -0.494 e.